The largest absolute Gasteiger partial charge is 0.345 e. The summed E-state index contributed by atoms with van der Waals surface area (Å²) in [5, 5.41) is 4.07. The number of carbonyl (C=O) groups is 1. The van der Waals surface area contributed by atoms with Crippen molar-refractivity contribution in [3.8, 4) is 0 Å². The van der Waals surface area contributed by atoms with Gasteiger partial charge in [0, 0.05) is 5.69 Å². The quantitative estimate of drug-likeness (QED) is 0.832. The van der Waals surface area contributed by atoms with Gasteiger partial charge in [0.15, 0.2) is 0 Å². The van der Waals surface area contributed by atoms with Gasteiger partial charge in [-0.2, -0.15) is 0 Å². The first kappa shape index (κ1) is 16.7. The fourth-order valence-electron chi connectivity index (χ4n) is 3.86. The first-order chi connectivity index (χ1) is 12.0. The van der Waals surface area contributed by atoms with Crippen LogP contribution >= 0.6 is 23.2 Å². The zero-order valence-corrected chi connectivity index (χ0v) is 15.1. The van der Waals surface area contributed by atoms with Crippen molar-refractivity contribution in [2.45, 2.75) is 44.6 Å². The molecule has 1 heterocycles. The average molecular weight is 377 g/mol. The minimum Gasteiger partial charge on any atom is -0.345 e. The summed E-state index contributed by atoms with van der Waals surface area (Å²) in [6.07, 6.45) is 5.48. The highest BCUT2D eigenvalue weighted by Crippen LogP contribution is 2.39. The number of rotatable bonds is 2. The lowest BCUT2D eigenvalue weighted by Crippen LogP contribution is -2.33. The maximum absolute atomic E-state index is 12.7. The molecule has 4 rings (SSSR count). The van der Waals surface area contributed by atoms with E-state index >= 15 is 0 Å². The van der Waals surface area contributed by atoms with Gasteiger partial charge in [0.2, 0.25) is 0 Å². The molecule has 130 valence electrons. The average Bonchev–Trinajstić information content (AvgIpc) is 3.01. The number of carbonyl (C=O) groups excluding carboxylic acids is 1. The monoisotopic (exact) mass is 376 g/mol. The molecule has 0 radical (unpaired) electrons. The lowest BCUT2D eigenvalue weighted by atomic mass is 9.95. The van der Waals surface area contributed by atoms with Crippen molar-refractivity contribution in [1.29, 1.82) is 0 Å². The maximum Gasteiger partial charge on any atom is 0.261 e. The summed E-state index contributed by atoms with van der Waals surface area (Å²) in [5.74, 6) is -0.335. The van der Waals surface area contributed by atoms with Crippen molar-refractivity contribution in [3.05, 3.63) is 66.5 Å². The van der Waals surface area contributed by atoms with Gasteiger partial charge in [0.25, 0.3) is 11.5 Å². The molecule has 1 aromatic heterocycles. The summed E-state index contributed by atoms with van der Waals surface area (Å²) in [5.41, 5.74) is 3.90. The molecular formula is C19H18Cl2N2O2. The van der Waals surface area contributed by atoms with E-state index in [9.17, 15) is 9.59 Å². The lowest BCUT2D eigenvalue weighted by Gasteiger charge is -2.18. The number of benzene rings is 1. The van der Waals surface area contributed by atoms with Gasteiger partial charge < -0.3 is 10.3 Å². The number of aromatic nitrogens is 1. The zero-order valence-electron chi connectivity index (χ0n) is 13.6. The van der Waals surface area contributed by atoms with Crippen LogP contribution in [0.3, 0.4) is 0 Å². The highest BCUT2D eigenvalue weighted by atomic mass is 35.5. The van der Waals surface area contributed by atoms with Gasteiger partial charge in [-0.15, -0.1) is 0 Å². The van der Waals surface area contributed by atoms with E-state index in [1.807, 2.05) is 6.07 Å². The second-order valence-corrected chi connectivity index (χ2v) is 7.50. The van der Waals surface area contributed by atoms with Crippen LogP contribution in [-0.2, 0) is 19.3 Å². The van der Waals surface area contributed by atoms with Gasteiger partial charge >= 0.3 is 0 Å². The standard InChI is InChI=1S/C19H18Cl2N2O2/c20-14-7-5-11-12(17(14)21)6-8-16(11)23-19(25)13-9-10-3-1-2-4-15(10)22-18(13)24/h5,7,9,16H,1-4,6,8H2,(H,22,24)(H,23,25)/t16-/m0/s1. The summed E-state index contributed by atoms with van der Waals surface area (Å²) in [4.78, 5) is 27.9. The second kappa shape index (κ2) is 6.50. The zero-order chi connectivity index (χ0) is 17.6. The Balaban J connectivity index is 1.60. The summed E-state index contributed by atoms with van der Waals surface area (Å²) in [6.45, 7) is 0. The fourth-order valence-corrected chi connectivity index (χ4v) is 4.31. The third kappa shape index (κ3) is 2.98. The summed E-state index contributed by atoms with van der Waals surface area (Å²) in [7, 11) is 0. The Kier molecular flexibility index (Phi) is 4.34. The van der Waals surface area contributed by atoms with Crippen LogP contribution in [0.1, 0.15) is 58.0 Å². The van der Waals surface area contributed by atoms with Gasteiger partial charge in [0.1, 0.15) is 5.56 Å². The molecule has 0 fully saturated rings. The van der Waals surface area contributed by atoms with Crippen LogP contribution in [0.25, 0.3) is 0 Å². The number of pyridine rings is 1. The fraction of sp³-hybridized carbons (Fsp3) is 0.368. The van der Waals surface area contributed by atoms with Crippen molar-refractivity contribution in [2.24, 2.45) is 0 Å². The first-order valence-electron chi connectivity index (χ1n) is 8.57. The number of hydrogen-bond donors (Lipinski definition) is 2. The molecule has 6 heteroatoms. The number of aromatic amines is 1. The Bertz CT molecular complexity index is 920. The van der Waals surface area contributed by atoms with Crippen molar-refractivity contribution in [2.75, 3.05) is 0 Å². The molecule has 25 heavy (non-hydrogen) atoms. The van der Waals surface area contributed by atoms with Crippen molar-refractivity contribution < 1.29 is 4.79 Å². The van der Waals surface area contributed by atoms with Crippen LogP contribution in [0.5, 0.6) is 0 Å². The highest BCUT2D eigenvalue weighted by molar-refractivity contribution is 6.42. The van der Waals surface area contributed by atoms with E-state index in [0.29, 0.717) is 10.0 Å². The molecule has 0 aliphatic heterocycles. The maximum atomic E-state index is 12.7. The van der Waals surface area contributed by atoms with Gasteiger partial charge in [-0.05, 0) is 67.3 Å². The van der Waals surface area contributed by atoms with Gasteiger partial charge in [0.05, 0.1) is 16.1 Å². The first-order valence-corrected chi connectivity index (χ1v) is 9.33. The molecule has 4 nitrogen and oxygen atoms in total. The molecule has 2 aliphatic carbocycles. The van der Waals surface area contributed by atoms with Crippen LogP contribution in [0.2, 0.25) is 10.0 Å². The normalized spacial score (nSPS) is 18.6. The number of amides is 1. The van der Waals surface area contributed by atoms with E-state index in [4.69, 9.17) is 23.2 Å². The number of fused-ring (bicyclic) bond motifs is 2. The van der Waals surface area contributed by atoms with Crippen molar-refractivity contribution in [1.82, 2.24) is 10.3 Å². The van der Waals surface area contributed by atoms with E-state index in [0.717, 1.165) is 60.9 Å². The summed E-state index contributed by atoms with van der Waals surface area (Å²) in [6, 6.07) is 5.26. The predicted molar refractivity (Wildman–Crippen MR) is 98.7 cm³/mol. The Hall–Kier alpha value is -1.78. The molecule has 1 amide bonds. The number of H-pyrrole nitrogens is 1. The minimum atomic E-state index is -0.335. The number of halogens is 2. The van der Waals surface area contributed by atoms with E-state index in [1.165, 1.54) is 0 Å². The predicted octanol–water partition coefficient (Wildman–Crippen LogP) is 3.98. The Labute approximate surface area is 155 Å². The molecule has 0 spiro atoms. The van der Waals surface area contributed by atoms with E-state index in [1.54, 1.807) is 12.1 Å². The van der Waals surface area contributed by atoms with Gasteiger partial charge in [-0.3, -0.25) is 9.59 Å². The molecule has 2 aliphatic rings. The number of aryl methyl sites for hydroxylation is 2. The SMILES string of the molecule is O=C(N[C@H]1CCc2c1ccc(Cl)c2Cl)c1cc2c([nH]c1=O)CCCC2. The number of hydrogen-bond acceptors (Lipinski definition) is 2. The second-order valence-electron chi connectivity index (χ2n) is 6.72. The van der Waals surface area contributed by atoms with Gasteiger partial charge in [-0.1, -0.05) is 29.3 Å². The highest BCUT2D eigenvalue weighted by Gasteiger charge is 2.28. The molecule has 2 aromatic rings. The molecule has 0 unspecified atom stereocenters. The van der Waals surface area contributed by atoms with E-state index < -0.39 is 0 Å². The van der Waals surface area contributed by atoms with Gasteiger partial charge in [-0.25, -0.2) is 0 Å². The van der Waals surface area contributed by atoms with Crippen LogP contribution in [0, 0.1) is 0 Å². The molecule has 1 aromatic carbocycles. The van der Waals surface area contributed by atoms with Crippen LogP contribution < -0.4 is 10.9 Å². The van der Waals surface area contributed by atoms with Crippen LogP contribution in [-0.4, -0.2) is 10.9 Å². The Morgan fingerprint density at radius 1 is 1.16 bits per heavy atom. The Morgan fingerprint density at radius 3 is 2.80 bits per heavy atom. The minimum absolute atomic E-state index is 0.146. The summed E-state index contributed by atoms with van der Waals surface area (Å²) < 4.78 is 0. The van der Waals surface area contributed by atoms with E-state index in [-0.39, 0.29) is 23.1 Å². The molecule has 2 N–H and O–H groups in total. The van der Waals surface area contributed by atoms with Crippen LogP contribution in [0.15, 0.2) is 23.0 Å². The molecule has 0 bridgehead atoms. The van der Waals surface area contributed by atoms with Crippen LogP contribution in [0.4, 0.5) is 0 Å². The molecule has 0 saturated heterocycles. The molecular weight excluding hydrogens is 359 g/mol. The topological polar surface area (TPSA) is 62.0 Å². The number of nitrogens with one attached hydrogen (secondary N) is 2. The third-order valence-corrected chi connectivity index (χ3v) is 6.02. The smallest absolute Gasteiger partial charge is 0.261 e. The molecule has 0 saturated carbocycles. The third-order valence-electron chi connectivity index (χ3n) is 5.18. The van der Waals surface area contributed by atoms with Crippen molar-refractivity contribution in [3.63, 3.8) is 0 Å². The van der Waals surface area contributed by atoms with Crippen molar-refractivity contribution >= 4 is 29.1 Å². The lowest BCUT2D eigenvalue weighted by molar-refractivity contribution is 0.0935. The molecule has 1 atom stereocenters. The summed E-state index contributed by atoms with van der Waals surface area (Å²) >= 11 is 12.3. The Morgan fingerprint density at radius 2 is 1.96 bits per heavy atom. The van der Waals surface area contributed by atoms with E-state index in [2.05, 4.69) is 10.3 Å².